The Hall–Kier alpha value is -3.36. The van der Waals surface area contributed by atoms with E-state index in [1.54, 1.807) is 6.08 Å². The van der Waals surface area contributed by atoms with Crippen LogP contribution in [0.4, 0.5) is 0 Å². The second-order valence-corrected chi connectivity index (χ2v) is 25.3. The molecule has 0 rings (SSSR count). The highest BCUT2D eigenvalue weighted by molar-refractivity contribution is 7.47. The number of nitrogens with zero attached hydrogens (tertiary/aromatic N) is 1. The molecule has 0 aliphatic rings. The number of carbonyl (C=O) groups is 1. The number of carbonyl (C=O) groups excluding carboxylic acids is 1. The Kier molecular flexibility index (Phi) is 60.6. The van der Waals surface area contributed by atoms with Crippen molar-refractivity contribution in [2.45, 2.75) is 289 Å². The molecular formula is C74H130N2O6P+. The Morgan fingerprint density at radius 2 is 0.735 bits per heavy atom. The van der Waals surface area contributed by atoms with Gasteiger partial charge < -0.3 is 19.8 Å². The summed E-state index contributed by atoms with van der Waals surface area (Å²) in [6.45, 7) is 4.68. The third-order valence-electron chi connectivity index (χ3n) is 14.6. The maximum Gasteiger partial charge on any atom is 0.472 e. The van der Waals surface area contributed by atoms with E-state index in [0.29, 0.717) is 17.4 Å². The van der Waals surface area contributed by atoms with Crippen LogP contribution in [0.1, 0.15) is 277 Å². The molecule has 0 aromatic carbocycles. The number of aliphatic hydroxyl groups is 1. The average molecular weight is 1170 g/mol. The molecule has 0 aliphatic heterocycles. The van der Waals surface area contributed by atoms with E-state index in [1.165, 1.54) is 161 Å². The third-order valence-corrected chi connectivity index (χ3v) is 15.6. The first-order chi connectivity index (χ1) is 40.5. The van der Waals surface area contributed by atoms with Crippen molar-refractivity contribution < 1.29 is 32.9 Å². The van der Waals surface area contributed by atoms with E-state index in [9.17, 15) is 19.4 Å². The minimum absolute atomic E-state index is 0.0492. The molecule has 8 nitrogen and oxygen atoms in total. The number of likely N-dealkylation sites (N-methyl/N-ethyl adjacent to an activating group) is 1. The first-order valence-corrected chi connectivity index (χ1v) is 35.6. The third kappa shape index (κ3) is 66.0. The number of hydrogen-bond acceptors (Lipinski definition) is 5. The molecule has 0 heterocycles. The predicted molar refractivity (Wildman–Crippen MR) is 364 cm³/mol. The summed E-state index contributed by atoms with van der Waals surface area (Å²) >= 11 is 0. The molecule has 9 heteroatoms. The number of aliphatic hydroxyl groups excluding tert-OH is 1. The maximum atomic E-state index is 13.0. The van der Waals surface area contributed by atoms with E-state index >= 15 is 0 Å². The highest BCUT2D eigenvalue weighted by Gasteiger charge is 2.27. The monoisotopic (exact) mass is 1170 g/mol. The van der Waals surface area contributed by atoms with Gasteiger partial charge in [-0.1, -0.05) is 295 Å². The Morgan fingerprint density at radius 1 is 0.422 bits per heavy atom. The van der Waals surface area contributed by atoms with Crippen LogP contribution in [0.15, 0.2) is 134 Å². The van der Waals surface area contributed by atoms with E-state index in [4.69, 9.17) is 9.05 Å². The first kappa shape index (κ1) is 79.6. The number of amides is 1. The van der Waals surface area contributed by atoms with Crippen molar-refractivity contribution in [2.24, 2.45) is 0 Å². The van der Waals surface area contributed by atoms with Crippen LogP contribution in [-0.4, -0.2) is 73.4 Å². The Morgan fingerprint density at radius 3 is 1.11 bits per heavy atom. The van der Waals surface area contributed by atoms with Crippen LogP contribution in [0.3, 0.4) is 0 Å². The van der Waals surface area contributed by atoms with Crippen molar-refractivity contribution >= 4 is 13.7 Å². The van der Waals surface area contributed by atoms with Gasteiger partial charge in [-0.05, 0) is 109 Å². The van der Waals surface area contributed by atoms with Gasteiger partial charge in [-0.2, -0.15) is 0 Å². The molecule has 0 saturated heterocycles. The Bertz CT molecular complexity index is 1810. The zero-order chi connectivity index (χ0) is 60.5. The average Bonchev–Trinajstić information content (AvgIpc) is 3.49. The van der Waals surface area contributed by atoms with Gasteiger partial charge in [0.1, 0.15) is 13.2 Å². The van der Waals surface area contributed by atoms with Crippen molar-refractivity contribution in [1.29, 1.82) is 0 Å². The van der Waals surface area contributed by atoms with Gasteiger partial charge in [0.25, 0.3) is 0 Å². The molecule has 83 heavy (non-hydrogen) atoms. The lowest BCUT2D eigenvalue weighted by molar-refractivity contribution is -0.870. The van der Waals surface area contributed by atoms with Gasteiger partial charge in [0.2, 0.25) is 5.91 Å². The van der Waals surface area contributed by atoms with Gasteiger partial charge in [0.05, 0.1) is 39.9 Å². The zero-order valence-corrected chi connectivity index (χ0v) is 55.3. The van der Waals surface area contributed by atoms with Crippen LogP contribution in [0.5, 0.6) is 0 Å². The van der Waals surface area contributed by atoms with Crippen molar-refractivity contribution in [3.05, 3.63) is 134 Å². The lowest BCUT2D eigenvalue weighted by Crippen LogP contribution is -2.45. The molecule has 0 aliphatic carbocycles. The zero-order valence-electron chi connectivity index (χ0n) is 54.4. The van der Waals surface area contributed by atoms with E-state index in [-0.39, 0.29) is 19.1 Å². The van der Waals surface area contributed by atoms with Crippen LogP contribution in [0.25, 0.3) is 0 Å². The summed E-state index contributed by atoms with van der Waals surface area (Å²) in [5.74, 6) is -0.193. The standard InChI is InChI=1S/C74H129N2O6P/c1-6-8-10-12-14-16-18-20-22-24-26-28-29-30-31-32-33-34-35-36-37-38-39-40-41-42-43-44-45-46-47-48-50-52-54-56-58-60-62-64-66-68-74(78)75-72(71-82-83(79,80)81-70-69-76(3,4)5)73(77)67-65-63-61-59-57-55-53-51-49-27-25-23-21-19-17-15-13-11-9-7-2/h8,10,14,16,20,22,26,28,30-31,33-34,36-37,39-40,49,51,57,59,65,67,72-73,77H,6-7,9,11-13,15,17-19,21,23-25,27,29,32,35,38,41-48,50,52-56,58,60-64,66,68-71H2,1-5H3,(H-,75,78,79,80)/p+1/b10-8-,16-14-,22-20-,28-26-,31-30-,34-33-,37-36-,40-39-,51-49+,59-57+,67-65+. The van der Waals surface area contributed by atoms with Gasteiger partial charge in [-0.3, -0.25) is 13.8 Å². The number of hydrogen-bond donors (Lipinski definition) is 3. The summed E-state index contributed by atoms with van der Waals surface area (Å²) in [6, 6.07) is -0.878. The Balaban J connectivity index is 4.08. The molecule has 3 atom stereocenters. The molecule has 0 radical (unpaired) electrons. The fourth-order valence-electron chi connectivity index (χ4n) is 9.33. The maximum absolute atomic E-state index is 13.0. The summed E-state index contributed by atoms with van der Waals surface area (Å²) in [4.78, 5) is 23.4. The van der Waals surface area contributed by atoms with Gasteiger partial charge in [0, 0.05) is 6.42 Å². The van der Waals surface area contributed by atoms with Crippen LogP contribution >= 0.6 is 7.82 Å². The van der Waals surface area contributed by atoms with E-state index in [1.807, 2.05) is 27.2 Å². The molecule has 1 amide bonds. The largest absolute Gasteiger partial charge is 0.472 e. The van der Waals surface area contributed by atoms with Crippen LogP contribution in [-0.2, 0) is 18.4 Å². The lowest BCUT2D eigenvalue weighted by atomic mass is 10.0. The highest BCUT2D eigenvalue weighted by atomic mass is 31.2. The fraction of sp³-hybridized carbons (Fsp3) is 0.689. The molecule has 0 fully saturated rings. The van der Waals surface area contributed by atoms with E-state index < -0.39 is 20.0 Å². The van der Waals surface area contributed by atoms with Crippen molar-refractivity contribution in [1.82, 2.24) is 5.32 Å². The van der Waals surface area contributed by atoms with Crippen LogP contribution < -0.4 is 5.32 Å². The lowest BCUT2D eigenvalue weighted by Gasteiger charge is -2.25. The van der Waals surface area contributed by atoms with Gasteiger partial charge in [-0.25, -0.2) is 4.57 Å². The molecule has 476 valence electrons. The molecule has 3 N–H and O–H groups in total. The van der Waals surface area contributed by atoms with Gasteiger partial charge in [-0.15, -0.1) is 0 Å². The topological polar surface area (TPSA) is 105 Å². The number of phosphoric ester groups is 1. The van der Waals surface area contributed by atoms with Crippen LogP contribution in [0.2, 0.25) is 0 Å². The molecular weight excluding hydrogens is 1040 g/mol. The van der Waals surface area contributed by atoms with Crippen molar-refractivity contribution in [2.75, 3.05) is 40.9 Å². The summed E-state index contributed by atoms with van der Waals surface area (Å²) in [6.07, 6.45) is 95.9. The van der Waals surface area contributed by atoms with Crippen molar-refractivity contribution in [3.63, 3.8) is 0 Å². The summed E-state index contributed by atoms with van der Waals surface area (Å²) in [5, 5.41) is 13.9. The number of quaternary nitrogens is 1. The van der Waals surface area contributed by atoms with E-state index in [2.05, 4.69) is 141 Å². The van der Waals surface area contributed by atoms with E-state index in [0.717, 1.165) is 96.3 Å². The number of allylic oxidation sites excluding steroid dienone is 21. The number of unbranched alkanes of at least 4 members (excludes halogenated alkanes) is 28. The molecule has 0 aromatic heterocycles. The minimum Gasteiger partial charge on any atom is -0.387 e. The Labute approximate surface area is 513 Å². The quantitative estimate of drug-likeness (QED) is 0.0243. The summed E-state index contributed by atoms with van der Waals surface area (Å²) in [5.41, 5.74) is 0. The second kappa shape index (κ2) is 63.2. The van der Waals surface area contributed by atoms with Crippen molar-refractivity contribution in [3.8, 4) is 0 Å². The number of rotatable bonds is 61. The molecule has 0 spiro atoms. The summed E-state index contributed by atoms with van der Waals surface area (Å²) < 4.78 is 23.7. The minimum atomic E-state index is -4.37. The van der Waals surface area contributed by atoms with Crippen LogP contribution in [0, 0.1) is 0 Å². The number of nitrogens with one attached hydrogen (secondary N) is 1. The molecule has 0 bridgehead atoms. The van der Waals surface area contributed by atoms with Gasteiger partial charge in [0.15, 0.2) is 0 Å². The fourth-order valence-corrected chi connectivity index (χ4v) is 10.1. The molecule has 0 aromatic rings. The highest BCUT2D eigenvalue weighted by Crippen LogP contribution is 2.43. The number of phosphoric acid groups is 1. The predicted octanol–water partition coefficient (Wildman–Crippen LogP) is 21.8. The molecule has 0 saturated carbocycles. The summed E-state index contributed by atoms with van der Waals surface area (Å²) in [7, 11) is 1.54. The SMILES string of the molecule is CC/C=C\C/C=C\C/C=C\C/C=C\C/C=C\C/C=C\C/C=C\C/C=C\CCCCCCCCCCCCCCCCCCC(=O)NC(COP(=O)(O)OCC[N+](C)(C)C)C(O)/C=C/CC/C=C/CC/C=C/CCCCCCCCCCCC. The molecule has 3 unspecified atom stereocenters. The first-order valence-electron chi connectivity index (χ1n) is 34.1. The smallest absolute Gasteiger partial charge is 0.387 e. The second-order valence-electron chi connectivity index (χ2n) is 23.8. The van der Waals surface area contributed by atoms with Gasteiger partial charge >= 0.3 is 7.82 Å². The normalized spacial score (nSPS) is 14.5.